The van der Waals surface area contributed by atoms with Crippen molar-refractivity contribution in [3.8, 4) is 0 Å². The van der Waals surface area contributed by atoms with Crippen molar-refractivity contribution in [1.29, 1.82) is 0 Å². The number of hydrogen-bond acceptors (Lipinski definition) is 4. The standard InChI is InChI=1S/C21H34N2O2S2/c1-5-7-12-26-16(3)20(24)22-15-18-10-9-11-19(14-18)23-21(25)17(4)27-13-8-6-2/h9-11,14,16-17H,5-8,12-13,15H2,1-4H3,(H,22,24)(H,23,25). The first-order chi connectivity index (χ1) is 13.0. The number of hydrogen-bond donors (Lipinski definition) is 2. The van der Waals surface area contributed by atoms with Crippen molar-refractivity contribution < 1.29 is 9.59 Å². The molecule has 0 aliphatic carbocycles. The quantitative estimate of drug-likeness (QED) is 0.445. The lowest BCUT2D eigenvalue weighted by atomic mass is 10.2. The summed E-state index contributed by atoms with van der Waals surface area (Å²) in [5.74, 6) is 2.11. The fourth-order valence-electron chi connectivity index (χ4n) is 2.30. The first kappa shape index (κ1) is 23.9. The first-order valence-corrected chi connectivity index (χ1v) is 12.0. The third-order valence-electron chi connectivity index (χ3n) is 4.13. The zero-order chi connectivity index (χ0) is 20.1. The zero-order valence-electron chi connectivity index (χ0n) is 17.0. The second-order valence-electron chi connectivity index (χ2n) is 6.64. The number of amides is 2. The molecule has 0 aliphatic heterocycles. The Balaban J connectivity index is 2.46. The van der Waals surface area contributed by atoms with Gasteiger partial charge in [-0.25, -0.2) is 0 Å². The van der Waals surface area contributed by atoms with Gasteiger partial charge >= 0.3 is 0 Å². The van der Waals surface area contributed by atoms with Crippen molar-refractivity contribution in [3.05, 3.63) is 29.8 Å². The Kier molecular flexibility index (Phi) is 12.3. The summed E-state index contributed by atoms with van der Waals surface area (Å²) in [6.45, 7) is 8.67. The van der Waals surface area contributed by atoms with E-state index in [2.05, 4.69) is 24.5 Å². The molecule has 1 aromatic rings. The van der Waals surface area contributed by atoms with E-state index in [9.17, 15) is 9.59 Å². The van der Waals surface area contributed by atoms with Crippen LogP contribution in [0.5, 0.6) is 0 Å². The summed E-state index contributed by atoms with van der Waals surface area (Å²) in [6.07, 6.45) is 4.56. The van der Waals surface area contributed by atoms with Crippen LogP contribution in [0.25, 0.3) is 0 Å². The predicted molar refractivity (Wildman–Crippen MR) is 121 cm³/mol. The van der Waals surface area contributed by atoms with Gasteiger partial charge in [0.2, 0.25) is 11.8 Å². The lowest BCUT2D eigenvalue weighted by Crippen LogP contribution is -2.30. The third kappa shape index (κ3) is 10.1. The number of carbonyl (C=O) groups is 2. The molecular formula is C21H34N2O2S2. The Morgan fingerprint density at radius 3 is 2.15 bits per heavy atom. The number of anilines is 1. The Bertz CT molecular complexity index is 581. The van der Waals surface area contributed by atoms with Gasteiger partial charge in [0.1, 0.15) is 0 Å². The van der Waals surface area contributed by atoms with E-state index in [1.54, 1.807) is 23.5 Å². The van der Waals surface area contributed by atoms with Gasteiger partial charge in [-0.3, -0.25) is 9.59 Å². The molecule has 1 rings (SSSR count). The van der Waals surface area contributed by atoms with E-state index in [1.165, 1.54) is 0 Å². The summed E-state index contributed by atoms with van der Waals surface area (Å²) in [6, 6.07) is 7.68. The van der Waals surface area contributed by atoms with Crippen molar-refractivity contribution in [2.75, 3.05) is 16.8 Å². The van der Waals surface area contributed by atoms with Crippen LogP contribution in [0.15, 0.2) is 24.3 Å². The van der Waals surface area contributed by atoms with Gasteiger partial charge in [0, 0.05) is 12.2 Å². The van der Waals surface area contributed by atoms with Crippen LogP contribution in [0, 0.1) is 0 Å². The van der Waals surface area contributed by atoms with Gasteiger partial charge in [-0.1, -0.05) is 38.8 Å². The fourth-order valence-corrected chi connectivity index (χ4v) is 4.36. The Labute approximate surface area is 173 Å². The monoisotopic (exact) mass is 410 g/mol. The molecule has 0 aromatic heterocycles. The smallest absolute Gasteiger partial charge is 0.237 e. The van der Waals surface area contributed by atoms with Gasteiger partial charge < -0.3 is 10.6 Å². The van der Waals surface area contributed by atoms with Crippen molar-refractivity contribution in [2.45, 2.75) is 70.4 Å². The largest absolute Gasteiger partial charge is 0.351 e. The van der Waals surface area contributed by atoms with Gasteiger partial charge in [0.25, 0.3) is 0 Å². The lowest BCUT2D eigenvalue weighted by Gasteiger charge is -2.14. The summed E-state index contributed by atoms with van der Waals surface area (Å²) in [4.78, 5) is 24.5. The average Bonchev–Trinajstić information content (AvgIpc) is 2.66. The molecule has 0 bridgehead atoms. The Morgan fingerprint density at radius 1 is 0.963 bits per heavy atom. The van der Waals surface area contributed by atoms with Crippen LogP contribution in [0.2, 0.25) is 0 Å². The molecule has 6 heteroatoms. The van der Waals surface area contributed by atoms with Crippen LogP contribution >= 0.6 is 23.5 Å². The van der Waals surface area contributed by atoms with Gasteiger partial charge in [-0.15, -0.1) is 23.5 Å². The molecular weight excluding hydrogens is 376 g/mol. The number of rotatable bonds is 13. The van der Waals surface area contributed by atoms with Crippen molar-refractivity contribution in [2.24, 2.45) is 0 Å². The average molecular weight is 411 g/mol. The highest BCUT2D eigenvalue weighted by Gasteiger charge is 2.14. The molecule has 0 saturated heterocycles. The van der Waals surface area contributed by atoms with Crippen LogP contribution in [-0.4, -0.2) is 33.8 Å². The normalized spacial score (nSPS) is 13.0. The minimum atomic E-state index is -0.0686. The molecule has 0 heterocycles. The lowest BCUT2D eigenvalue weighted by molar-refractivity contribution is -0.120. The molecule has 0 radical (unpaired) electrons. The van der Waals surface area contributed by atoms with Gasteiger partial charge in [-0.05, 0) is 55.9 Å². The summed E-state index contributed by atoms with van der Waals surface area (Å²) in [5, 5.41) is 5.85. The summed E-state index contributed by atoms with van der Waals surface area (Å²) in [7, 11) is 0. The van der Waals surface area contributed by atoms with Crippen LogP contribution < -0.4 is 10.6 Å². The molecule has 2 amide bonds. The number of nitrogens with one attached hydrogen (secondary N) is 2. The van der Waals surface area contributed by atoms with Crippen molar-refractivity contribution in [1.82, 2.24) is 5.32 Å². The molecule has 2 N–H and O–H groups in total. The van der Waals surface area contributed by atoms with Crippen LogP contribution in [0.4, 0.5) is 5.69 Å². The molecule has 0 aliphatic rings. The van der Waals surface area contributed by atoms with Gasteiger partial charge in [0.05, 0.1) is 10.5 Å². The second kappa shape index (κ2) is 13.9. The predicted octanol–water partition coefficient (Wildman–Crippen LogP) is 5.08. The highest BCUT2D eigenvalue weighted by molar-refractivity contribution is 8.00. The molecule has 0 fully saturated rings. The van der Waals surface area contributed by atoms with Crippen LogP contribution in [0.1, 0.15) is 58.9 Å². The molecule has 0 spiro atoms. The van der Waals surface area contributed by atoms with E-state index in [4.69, 9.17) is 0 Å². The zero-order valence-corrected chi connectivity index (χ0v) is 18.7. The van der Waals surface area contributed by atoms with Gasteiger partial charge in [-0.2, -0.15) is 0 Å². The molecule has 0 saturated carbocycles. The minimum Gasteiger partial charge on any atom is -0.351 e. The fraction of sp³-hybridized carbons (Fsp3) is 0.619. The number of benzene rings is 1. The minimum absolute atomic E-state index is 0.0261. The SMILES string of the molecule is CCCCSC(C)C(=O)NCc1cccc(NC(=O)C(C)SCCCC)c1. The molecule has 4 nitrogen and oxygen atoms in total. The molecule has 2 atom stereocenters. The van der Waals surface area contributed by atoms with E-state index >= 15 is 0 Å². The van der Waals surface area contributed by atoms with Gasteiger partial charge in [0.15, 0.2) is 0 Å². The van der Waals surface area contributed by atoms with E-state index in [0.29, 0.717) is 6.54 Å². The summed E-state index contributed by atoms with van der Waals surface area (Å²) < 4.78 is 0. The third-order valence-corrected chi connectivity index (χ3v) is 6.61. The molecule has 1 aromatic carbocycles. The Hall–Kier alpha value is -1.14. The molecule has 2 unspecified atom stereocenters. The maximum absolute atomic E-state index is 12.3. The topological polar surface area (TPSA) is 58.2 Å². The van der Waals surface area contributed by atoms with E-state index in [-0.39, 0.29) is 22.3 Å². The maximum Gasteiger partial charge on any atom is 0.237 e. The highest BCUT2D eigenvalue weighted by Crippen LogP contribution is 2.17. The van der Waals surface area contributed by atoms with E-state index < -0.39 is 0 Å². The van der Waals surface area contributed by atoms with E-state index in [0.717, 1.165) is 48.4 Å². The number of thioether (sulfide) groups is 2. The summed E-state index contributed by atoms with van der Waals surface area (Å²) in [5.41, 5.74) is 1.76. The Morgan fingerprint density at radius 2 is 1.56 bits per heavy atom. The number of unbranched alkanes of at least 4 members (excludes halogenated alkanes) is 2. The molecule has 152 valence electrons. The summed E-state index contributed by atoms with van der Waals surface area (Å²) >= 11 is 3.38. The van der Waals surface area contributed by atoms with Crippen molar-refractivity contribution >= 4 is 41.0 Å². The number of carbonyl (C=O) groups excluding carboxylic acids is 2. The van der Waals surface area contributed by atoms with Crippen LogP contribution in [0.3, 0.4) is 0 Å². The molecule has 27 heavy (non-hydrogen) atoms. The van der Waals surface area contributed by atoms with Crippen molar-refractivity contribution in [3.63, 3.8) is 0 Å². The highest BCUT2D eigenvalue weighted by atomic mass is 32.2. The maximum atomic E-state index is 12.3. The second-order valence-corrected chi connectivity index (χ2v) is 9.54. The van der Waals surface area contributed by atoms with Crippen LogP contribution in [-0.2, 0) is 16.1 Å². The van der Waals surface area contributed by atoms with E-state index in [1.807, 2.05) is 38.1 Å². The first-order valence-electron chi connectivity index (χ1n) is 9.88.